The zero-order chi connectivity index (χ0) is 26.3. The van der Waals surface area contributed by atoms with E-state index in [1.807, 2.05) is 0 Å². The summed E-state index contributed by atoms with van der Waals surface area (Å²) < 4.78 is 27.0. The van der Waals surface area contributed by atoms with Crippen molar-refractivity contribution in [1.29, 1.82) is 0 Å². The number of esters is 3. The van der Waals surface area contributed by atoms with Gasteiger partial charge in [0.2, 0.25) is 0 Å². The Balaban J connectivity index is 2.26. The zero-order valence-electron chi connectivity index (χ0n) is 20.6. The molecule has 12 heteroatoms. The molecule has 1 saturated heterocycles. The Kier molecular flexibility index (Phi) is 9.81. The fourth-order valence-electron chi connectivity index (χ4n) is 3.02. The molecule has 2 rings (SSSR count). The smallest absolute Gasteiger partial charge is 0.331 e. The van der Waals surface area contributed by atoms with Gasteiger partial charge in [0.05, 0.1) is 32.2 Å². The van der Waals surface area contributed by atoms with Gasteiger partial charge < -0.3 is 34.1 Å². The molecule has 0 saturated carbocycles. The van der Waals surface area contributed by atoms with E-state index in [9.17, 15) is 24.3 Å². The van der Waals surface area contributed by atoms with Crippen molar-refractivity contribution in [3.63, 3.8) is 0 Å². The Bertz CT molecular complexity index is 933. The average Bonchev–Trinajstić information content (AvgIpc) is 2.84. The number of nitrogens with zero attached hydrogens (tertiary/aromatic N) is 1. The van der Waals surface area contributed by atoms with Crippen LogP contribution in [0.1, 0.15) is 45.1 Å². The Morgan fingerprint density at radius 3 is 2.34 bits per heavy atom. The minimum Gasteiger partial charge on any atom is -0.503 e. The van der Waals surface area contributed by atoms with Crippen molar-refractivity contribution in [3.8, 4) is 11.5 Å². The number of methoxy groups -OCH3 is 1. The molecule has 1 aliphatic heterocycles. The van der Waals surface area contributed by atoms with Gasteiger partial charge >= 0.3 is 17.9 Å². The molecule has 1 aliphatic rings. The summed E-state index contributed by atoms with van der Waals surface area (Å²) in [6, 6.07) is 0.0702. The third kappa shape index (κ3) is 7.28. The first-order valence-corrected chi connectivity index (χ1v) is 11.2. The maximum Gasteiger partial charge on any atom is 0.331 e. The minimum atomic E-state index is -1.29. The van der Waals surface area contributed by atoms with Gasteiger partial charge in [0.15, 0.2) is 35.4 Å². The highest BCUT2D eigenvalue weighted by Gasteiger charge is 2.40. The number of nitrogens with one attached hydrogen (secondary N) is 1. The van der Waals surface area contributed by atoms with Crippen LogP contribution < -0.4 is 10.1 Å². The van der Waals surface area contributed by atoms with Gasteiger partial charge in [-0.25, -0.2) is 9.78 Å². The van der Waals surface area contributed by atoms with E-state index in [4.69, 9.17) is 23.7 Å². The second kappa shape index (κ2) is 12.3. The Morgan fingerprint density at radius 2 is 1.74 bits per heavy atom. The lowest BCUT2D eigenvalue weighted by molar-refractivity contribution is -0.189. The van der Waals surface area contributed by atoms with E-state index < -0.39 is 65.8 Å². The summed E-state index contributed by atoms with van der Waals surface area (Å²) in [5, 5.41) is 12.6. The molecule has 0 unspecified atom stereocenters. The molecule has 194 valence electrons. The number of rotatable bonds is 7. The third-order valence-corrected chi connectivity index (χ3v) is 5.07. The van der Waals surface area contributed by atoms with Gasteiger partial charge in [0, 0.05) is 12.3 Å². The van der Waals surface area contributed by atoms with Gasteiger partial charge in [-0.05, 0) is 6.92 Å². The average molecular weight is 497 g/mol. The number of hydrogen-bond acceptors (Lipinski definition) is 11. The van der Waals surface area contributed by atoms with E-state index >= 15 is 0 Å². The van der Waals surface area contributed by atoms with E-state index in [-0.39, 0.29) is 24.7 Å². The zero-order valence-corrected chi connectivity index (χ0v) is 20.6. The van der Waals surface area contributed by atoms with Crippen molar-refractivity contribution in [3.05, 3.63) is 18.0 Å². The Labute approximate surface area is 203 Å². The molecule has 1 amide bonds. The van der Waals surface area contributed by atoms with Crippen LogP contribution in [-0.4, -0.2) is 78.6 Å². The molecule has 1 aromatic heterocycles. The molecule has 0 spiro atoms. The lowest BCUT2D eigenvalue weighted by Crippen LogP contribution is -2.48. The molecular formula is C23H32N2O10. The van der Waals surface area contributed by atoms with Crippen LogP contribution in [0.4, 0.5) is 0 Å². The number of aromatic nitrogens is 1. The lowest BCUT2D eigenvalue weighted by atomic mass is 10.1. The maximum absolute atomic E-state index is 12.8. The molecule has 35 heavy (non-hydrogen) atoms. The van der Waals surface area contributed by atoms with Crippen LogP contribution in [0.25, 0.3) is 0 Å². The topological polar surface area (TPSA) is 160 Å². The predicted octanol–water partition coefficient (Wildman–Crippen LogP) is 0.992. The number of aromatic hydroxyl groups is 1. The van der Waals surface area contributed by atoms with Crippen LogP contribution in [0, 0.1) is 11.8 Å². The van der Waals surface area contributed by atoms with Gasteiger partial charge in [0.1, 0.15) is 6.10 Å². The Morgan fingerprint density at radius 1 is 1.11 bits per heavy atom. The van der Waals surface area contributed by atoms with Crippen LogP contribution >= 0.6 is 0 Å². The standard InChI is InChI=1S/C23H32N2O10/c1-11(2)21(28)34-16-10-32-9-14(23(30)33-13(5)19(16)35-22(29)12(3)4)25-20(27)17-18(26)15(31-6)7-8-24-17/h7-8,11-14,16,19,26H,9-10H2,1-6H3,(H,25,27)/t13-,14-,16-,19-/m0/s1. The molecule has 0 aromatic carbocycles. The minimum absolute atomic E-state index is 0.0247. The highest BCUT2D eigenvalue weighted by atomic mass is 16.6. The summed E-state index contributed by atoms with van der Waals surface area (Å²) in [5.74, 6) is -4.30. The summed E-state index contributed by atoms with van der Waals surface area (Å²) in [4.78, 5) is 53.9. The van der Waals surface area contributed by atoms with E-state index in [0.717, 1.165) is 0 Å². The number of ether oxygens (including phenoxy) is 5. The first-order chi connectivity index (χ1) is 16.5. The van der Waals surface area contributed by atoms with Crippen molar-refractivity contribution >= 4 is 23.8 Å². The SMILES string of the molecule is COc1ccnc(C(=O)N[C@H]2COC[C@H](OC(=O)C(C)C)[C@@H](OC(=O)C(C)C)[C@H](C)OC2=O)c1O. The van der Waals surface area contributed by atoms with Crippen molar-refractivity contribution in [2.45, 2.75) is 59.0 Å². The first kappa shape index (κ1) is 27.8. The van der Waals surface area contributed by atoms with Crippen molar-refractivity contribution in [1.82, 2.24) is 10.3 Å². The number of cyclic esters (lactones) is 1. The molecule has 2 heterocycles. The highest BCUT2D eigenvalue weighted by molar-refractivity contribution is 5.98. The fraction of sp³-hybridized carbons (Fsp3) is 0.609. The summed E-state index contributed by atoms with van der Waals surface area (Å²) in [6.07, 6.45) is -1.99. The maximum atomic E-state index is 12.8. The van der Waals surface area contributed by atoms with Crippen LogP contribution in [0.5, 0.6) is 11.5 Å². The number of carbonyl (C=O) groups excluding carboxylic acids is 4. The molecule has 12 nitrogen and oxygen atoms in total. The molecule has 0 bridgehead atoms. The molecule has 0 aliphatic carbocycles. The largest absolute Gasteiger partial charge is 0.503 e. The number of pyridine rings is 1. The van der Waals surface area contributed by atoms with Crippen molar-refractivity contribution in [2.24, 2.45) is 11.8 Å². The number of carbonyl (C=O) groups is 4. The molecule has 1 fully saturated rings. The summed E-state index contributed by atoms with van der Waals surface area (Å²) in [6.45, 7) is 7.45. The van der Waals surface area contributed by atoms with Gasteiger partial charge in [-0.1, -0.05) is 27.7 Å². The number of hydrogen-bond donors (Lipinski definition) is 2. The Hall–Kier alpha value is -3.41. The predicted molar refractivity (Wildman–Crippen MR) is 120 cm³/mol. The van der Waals surface area contributed by atoms with Crippen LogP contribution in [0.3, 0.4) is 0 Å². The quantitative estimate of drug-likeness (QED) is 0.409. The second-order valence-corrected chi connectivity index (χ2v) is 8.60. The molecular weight excluding hydrogens is 464 g/mol. The normalized spacial score (nSPS) is 22.9. The van der Waals surface area contributed by atoms with Crippen LogP contribution in [0.2, 0.25) is 0 Å². The van der Waals surface area contributed by atoms with E-state index in [1.165, 1.54) is 26.3 Å². The van der Waals surface area contributed by atoms with E-state index in [1.54, 1.807) is 27.7 Å². The highest BCUT2D eigenvalue weighted by Crippen LogP contribution is 2.27. The van der Waals surface area contributed by atoms with E-state index in [0.29, 0.717) is 0 Å². The lowest BCUT2D eigenvalue weighted by Gasteiger charge is -2.30. The molecule has 4 atom stereocenters. The summed E-state index contributed by atoms with van der Waals surface area (Å²) >= 11 is 0. The van der Waals surface area contributed by atoms with Gasteiger partial charge in [-0.2, -0.15) is 0 Å². The van der Waals surface area contributed by atoms with Crippen molar-refractivity contribution in [2.75, 3.05) is 20.3 Å². The van der Waals surface area contributed by atoms with Crippen LogP contribution in [0.15, 0.2) is 12.3 Å². The first-order valence-electron chi connectivity index (χ1n) is 11.2. The third-order valence-electron chi connectivity index (χ3n) is 5.07. The van der Waals surface area contributed by atoms with Crippen molar-refractivity contribution < 1.29 is 48.0 Å². The molecule has 1 aromatic rings. The van der Waals surface area contributed by atoms with Crippen LogP contribution in [-0.2, 0) is 33.3 Å². The monoisotopic (exact) mass is 496 g/mol. The number of amides is 1. The van der Waals surface area contributed by atoms with Gasteiger partial charge in [-0.15, -0.1) is 0 Å². The summed E-state index contributed by atoms with van der Waals surface area (Å²) in [5.41, 5.74) is -0.363. The fourth-order valence-corrected chi connectivity index (χ4v) is 3.02. The van der Waals surface area contributed by atoms with Gasteiger partial charge in [-0.3, -0.25) is 14.4 Å². The van der Waals surface area contributed by atoms with E-state index in [2.05, 4.69) is 10.3 Å². The second-order valence-electron chi connectivity index (χ2n) is 8.60. The molecule has 2 N–H and O–H groups in total. The summed E-state index contributed by atoms with van der Waals surface area (Å²) in [7, 11) is 1.31. The van der Waals surface area contributed by atoms with Gasteiger partial charge in [0.25, 0.3) is 5.91 Å². The molecule has 0 radical (unpaired) electrons.